The first-order valence-corrected chi connectivity index (χ1v) is 8.07. The Morgan fingerprint density at radius 3 is 2.41 bits per heavy atom. The summed E-state index contributed by atoms with van der Waals surface area (Å²) in [6.07, 6.45) is 5.83. The Kier molecular flexibility index (Phi) is 10.8. The predicted molar refractivity (Wildman–Crippen MR) is 77.6 cm³/mol. The van der Waals surface area contributed by atoms with Gasteiger partial charge in [0.1, 0.15) is 0 Å². The molecule has 1 unspecified atom stereocenters. The first kappa shape index (κ1) is 16.8. The van der Waals surface area contributed by atoms with Crippen LogP contribution in [0.1, 0.15) is 40.0 Å². The van der Waals surface area contributed by atoms with Crippen LogP contribution in [-0.4, -0.2) is 48.5 Å². The molecule has 0 aromatic heterocycles. The normalized spacial score (nSPS) is 12.5. The lowest BCUT2D eigenvalue weighted by molar-refractivity contribution is -0.132. The summed E-state index contributed by atoms with van der Waals surface area (Å²) in [6.45, 7) is 8.56. The minimum atomic E-state index is -0.0459. The molecule has 1 amide bonds. The molecule has 1 N–H and O–H groups in total. The first-order chi connectivity index (χ1) is 8.17. The summed E-state index contributed by atoms with van der Waals surface area (Å²) >= 11 is 1.90. The molecule has 0 aromatic carbocycles. The van der Waals surface area contributed by atoms with Crippen LogP contribution in [0.4, 0.5) is 0 Å². The lowest BCUT2D eigenvalue weighted by Gasteiger charge is -2.23. The molecule has 0 aliphatic rings. The van der Waals surface area contributed by atoms with E-state index in [0.29, 0.717) is 0 Å². The van der Waals surface area contributed by atoms with Crippen LogP contribution in [0, 0.1) is 0 Å². The minimum absolute atomic E-state index is 0.0459. The summed E-state index contributed by atoms with van der Waals surface area (Å²) in [4.78, 5) is 13.8. The predicted octanol–water partition coefficient (Wildman–Crippen LogP) is 2.37. The maximum atomic E-state index is 11.9. The van der Waals surface area contributed by atoms with Crippen molar-refractivity contribution in [2.75, 3.05) is 31.6 Å². The third-order valence-corrected chi connectivity index (χ3v) is 3.62. The van der Waals surface area contributed by atoms with E-state index < -0.39 is 0 Å². The van der Waals surface area contributed by atoms with Crippen LogP contribution in [0.3, 0.4) is 0 Å². The van der Waals surface area contributed by atoms with E-state index in [1.54, 1.807) is 0 Å². The van der Waals surface area contributed by atoms with E-state index in [9.17, 15) is 4.79 Å². The van der Waals surface area contributed by atoms with Crippen LogP contribution in [0.2, 0.25) is 0 Å². The van der Waals surface area contributed by atoms with Crippen LogP contribution in [0.15, 0.2) is 0 Å². The van der Waals surface area contributed by atoms with Gasteiger partial charge in [-0.1, -0.05) is 6.42 Å². The van der Waals surface area contributed by atoms with Gasteiger partial charge in [0.2, 0.25) is 5.91 Å². The lowest BCUT2D eigenvalue weighted by Crippen LogP contribution is -2.45. The fourth-order valence-electron chi connectivity index (χ4n) is 1.76. The Labute approximate surface area is 111 Å². The van der Waals surface area contributed by atoms with Crippen molar-refractivity contribution in [1.29, 1.82) is 0 Å². The summed E-state index contributed by atoms with van der Waals surface area (Å²) in [6, 6.07) is -0.0459. The molecule has 3 nitrogen and oxygen atoms in total. The van der Waals surface area contributed by atoms with Gasteiger partial charge in [0.25, 0.3) is 0 Å². The van der Waals surface area contributed by atoms with Gasteiger partial charge in [0.05, 0.1) is 6.04 Å². The highest BCUT2D eigenvalue weighted by atomic mass is 32.2. The van der Waals surface area contributed by atoms with Gasteiger partial charge < -0.3 is 10.2 Å². The highest BCUT2D eigenvalue weighted by Crippen LogP contribution is 2.02. The van der Waals surface area contributed by atoms with E-state index in [-0.39, 0.29) is 11.9 Å². The van der Waals surface area contributed by atoms with Gasteiger partial charge in [-0.15, -0.1) is 0 Å². The number of likely N-dealkylation sites (N-methyl/N-ethyl adjacent to an activating group) is 1. The number of hydrogen-bond donors (Lipinski definition) is 1. The summed E-state index contributed by atoms with van der Waals surface area (Å²) in [5.41, 5.74) is 0. The van der Waals surface area contributed by atoms with Crippen molar-refractivity contribution in [3.8, 4) is 0 Å². The summed E-state index contributed by atoms with van der Waals surface area (Å²) in [7, 11) is 0. The molecule has 0 saturated heterocycles. The van der Waals surface area contributed by atoms with Crippen LogP contribution < -0.4 is 5.32 Å². The third-order valence-electron chi connectivity index (χ3n) is 2.92. The van der Waals surface area contributed by atoms with Crippen LogP contribution in [-0.2, 0) is 4.79 Å². The largest absolute Gasteiger partial charge is 0.342 e. The van der Waals surface area contributed by atoms with Gasteiger partial charge in [-0.3, -0.25) is 4.79 Å². The number of nitrogens with one attached hydrogen (secondary N) is 1. The van der Waals surface area contributed by atoms with E-state index in [2.05, 4.69) is 11.6 Å². The first-order valence-electron chi connectivity index (χ1n) is 6.68. The summed E-state index contributed by atoms with van der Waals surface area (Å²) < 4.78 is 0. The highest BCUT2D eigenvalue weighted by molar-refractivity contribution is 7.98. The number of unbranched alkanes of at least 4 members (excludes halogenated alkanes) is 2. The molecular formula is C13H28N2OS. The number of carbonyl (C=O) groups is 1. The molecule has 0 heterocycles. The van der Waals surface area contributed by atoms with E-state index in [1.165, 1.54) is 18.6 Å². The maximum absolute atomic E-state index is 11.9. The van der Waals surface area contributed by atoms with Crippen molar-refractivity contribution in [3.05, 3.63) is 0 Å². The van der Waals surface area contributed by atoms with E-state index in [0.717, 1.165) is 26.1 Å². The summed E-state index contributed by atoms with van der Waals surface area (Å²) in [5, 5.41) is 3.31. The van der Waals surface area contributed by atoms with Gasteiger partial charge in [0.15, 0.2) is 0 Å². The molecule has 0 bridgehead atoms. The molecule has 0 radical (unpaired) electrons. The second kappa shape index (κ2) is 10.9. The molecule has 0 aromatic rings. The van der Waals surface area contributed by atoms with Gasteiger partial charge in [0, 0.05) is 13.1 Å². The zero-order valence-corrected chi connectivity index (χ0v) is 12.6. The van der Waals surface area contributed by atoms with Crippen LogP contribution >= 0.6 is 11.8 Å². The SMILES string of the molecule is CCN(CC)C(=O)C(C)NCCCCCSC. The number of carbonyl (C=O) groups excluding carboxylic acids is 1. The zero-order valence-electron chi connectivity index (χ0n) is 11.8. The molecule has 0 aliphatic heterocycles. The van der Waals surface area contributed by atoms with Crippen molar-refractivity contribution < 1.29 is 4.79 Å². The summed E-state index contributed by atoms with van der Waals surface area (Å²) in [5.74, 6) is 1.47. The van der Waals surface area contributed by atoms with Gasteiger partial charge in [-0.25, -0.2) is 0 Å². The smallest absolute Gasteiger partial charge is 0.239 e. The van der Waals surface area contributed by atoms with Gasteiger partial charge >= 0.3 is 0 Å². The van der Waals surface area contributed by atoms with E-state index in [4.69, 9.17) is 0 Å². The fraction of sp³-hybridized carbons (Fsp3) is 0.923. The van der Waals surface area contributed by atoms with E-state index in [1.807, 2.05) is 37.4 Å². The molecule has 102 valence electrons. The second-order valence-corrected chi connectivity index (χ2v) is 5.23. The number of amides is 1. The molecule has 17 heavy (non-hydrogen) atoms. The van der Waals surface area contributed by atoms with Crippen molar-refractivity contribution in [3.63, 3.8) is 0 Å². The monoisotopic (exact) mass is 260 g/mol. The Balaban J connectivity index is 3.63. The molecule has 0 saturated carbocycles. The van der Waals surface area contributed by atoms with Crippen molar-refractivity contribution >= 4 is 17.7 Å². The number of nitrogens with zero attached hydrogens (tertiary/aromatic N) is 1. The van der Waals surface area contributed by atoms with E-state index >= 15 is 0 Å². The third kappa shape index (κ3) is 7.66. The van der Waals surface area contributed by atoms with Crippen molar-refractivity contribution in [2.24, 2.45) is 0 Å². The number of thioether (sulfide) groups is 1. The molecule has 4 heteroatoms. The Hall–Kier alpha value is -0.220. The van der Waals surface area contributed by atoms with Crippen LogP contribution in [0.5, 0.6) is 0 Å². The Morgan fingerprint density at radius 1 is 1.24 bits per heavy atom. The fourth-order valence-corrected chi connectivity index (χ4v) is 2.26. The molecule has 0 spiro atoms. The highest BCUT2D eigenvalue weighted by Gasteiger charge is 2.16. The zero-order chi connectivity index (χ0) is 13.1. The topological polar surface area (TPSA) is 32.3 Å². The number of hydrogen-bond acceptors (Lipinski definition) is 3. The van der Waals surface area contributed by atoms with Gasteiger partial charge in [-0.2, -0.15) is 11.8 Å². The quantitative estimate of drug-likeness (QED) is 0.612. The Morgan fingerprint density at radius 2 is 1.88 bits per heavy atom. The molecular weight excluding hydrogens is 232 g/mol. The molecule has 0 rings (SSSR count). The van der Waals surface area contributed by atoms with Crippen molar-refractivity contribution in [1.82, 2.24) is 10.2 Å². The Bertz CT molecular complexity index is 196. The molecule has 0 aliphatic carbocycles. The van der Waals surface area contributed by atoms with Gasteiger partial charge in [-0.05, 0) is 52.2 Å². The second-order valence-electron chi connectivity index (χ2n) is 4.24. The minimum Gasteiger partial charge on any atom is -0.342 e. The standard InChI is InChI=1S/C13H28N2OS/c1-5-15(6-2)13(16)12(3)14-10-8-7-9-11-17-4/h12,14H,5-11H2,1-4H3. The number of rotatable bonds is 10. The average Bonchev–Trinajstić information content (AvgIpc) is 2.34. The molecule has 0 fully saturated rings. The average molecular weight is 260 g/mol. The molecule has 1 atom stereocenters. The maximum Gasteiger partial charge on any atom is 0.239 e. The van der Waals surface area contributed by atoms with Crippen molar-refractivity contribution in [2.45, 2.75) is 46.1 Å². The van der Waals surface area contributed by atoms with Crippen LogP contribution in [0.25, 0.3) is 0 Å². The lowest BCUT2D eigenvalue weighted by atomic mass is 10.2.